The third-order valence-corrected chi connectivity index (χ3v) is 3.20. The number of halogens is 1. The quantitative estimate of drug-likeness (QED) is 0.819. The number of carbonyl (C=O) groups excluding carboxylic acids is 1. The molecule has 7 heteroatoms. The molecule has 6 nitrogen and oxygen atoms in total. The highest BCUT2D eigenvalue weighted by atomic mass is 35.5. The lowest BCUT2D eigenvalue weighted by molar-refractivity contribution is -0.119. The Bertz CT molecular complexity index is 562. The molecule has 0 aliphatic carbocycles. The Morgan fingerprint density at radius 2 is 2.28 bits per heavy atom. The van der Waals surface area contributed by atoms with Crippen LogP contribution in [0.4, 0.5) is 5.82 Å². The number of nitrogens with zero attached hydrogens (tertiary/aromatic N) is 5. The number of carbonyl (C=O) groups is 1. The van der Waals surface area contributed by atoms with Crippen LogP contribution in [0.15, 0.2) is 24.7 Å². The topological polar surface area (TPSA) is 56.0 Å². The molecule has 0 aromatic carbocycles. The Morgan fingerprint density at radius 3 is 3.06 bits per heavy atom. The lowest BCUT2D eigenvalue weighted by Crippen LogP contribution is -2.39. The average molecular weight is 266 g/mol. The fourth-order valence-electron chi connectivity index (χ4n) is 2.13. The number of hydrogen-bond donors (Lipinski definition) is 0. The van der Waals surface area contributed by atoms with Crippen LogP contribution in [0.25, 0.3) is 0 Å². The van der Waals surface area contributed by atoms with Crippen LogP contribution in [0.1, 0.15) is 6.42 Å². The van der Waals surface area contributed by atoms with Gasteiger partial charge in [-0.1, -0.05) is 11.6 Å². The number of hydrogen-bond acceptors (Lipinski definition) is 3. The SMILES string of the molecule is O=C(Cn1cccn1)N1CCCn2ncc(Cl)c21. The molecule has 94 valence electrons. The molecule has 2 aromatic rings. The van der Waals surface area contributed by atoms with Crippen LogP contribution in [-0.4, -0.2) is 32.0 Å². The highest BCUT2D eigenvalue weighted by Crippen LogP contribution is 2.29. The van der Waals surface area contributed by atoms with Crippen molar-refractivity contribution in [2.45, 2.75) is 19.5 Å². The van der Waals surface area contributed by atoms with Gasteiger partial charge in [0.1, 0.15) is 11.6 Å². The summed E-state index contributed by atoms with van der Waals surface area (Å²) in [4.78, 5) is 13.9. The summed E-state index contributed by atoms with van der Waals surface area (Å²) in [5.41, 5.74) is 0. The van der Waals surface area contributed by atoms with Crippen LogP contribution in [0, 0.1) is 0 Å². The van der Waals surface area contributed by atoms with Crippen molar-refractivity contribution in [1.82, 2.24) is 19.6 Å². The minimum Gasteiger partial charge on any atom is -0.294 e. The van der Waals surface area contributed by atoms with Crippen molar-refractivity contribution in [3.63, 3.8) is 0 Å². The summed E-state index contributed by atoms with van der Waals surface area (Å²) < 4.78 is 3.37. The Balaban J connectivity index is 1.85. The van der Waals surface area contributed by atoms with Gasteiger partial charge in [0.25, 0.3) is 0 Å². The van der Waals surface area contributed by atoms with Gasteiger partial charge in [-0.05, 0) is 12.5 Å². The molecule has 18 heavy (non-hydrogen) atoms. The third kappa shape index (κ3) is 1.88. The number of aromatic nitrogens is 4. The van der Waals surface area contributed by atoms with Crippen LogP contribution < -0.4 is 4.90 Å². The molecule has 0 saturated carbocycles. The molecule has 0 spiro atoms. The lowest BCUT2D eigenvalue weighted by atomic mass is 10.3. The average Bonchev–Trinajstić information content (AvgIpc) is 2.99. The molecule has 0 unspecified atom stereocenters. The number of aryl methyl sites for hydroxylation is 1. The van der Waals surface area contributed by atoms with E-state index in [1.165, 1.54) is 0 Å². The molecule has 3 rings (SSSR count). The molecule has 0 bridgehead atoms. The van der Waals surface area contributed by atoms with Crippen LogP contribution in [-0.2, 0) is 17.9 Å². The van der Waals surface area contributed by atoms with Crippen molar-refractivity contribution in [2.24, 2.45) is 0 Å². The maximum atomic E-state index is 12.2. The zero-order chi connectivity index (χ0) is 12.5. The van der Waals surface area contributed by atoms with Crippen molar-refractivity contribution in [1.29, 1.82) is 0 Å². The van der Waals surface area contributed by atoms with Crippen LogP contribution in [0.5, 0.6) is 0 Å². The summed E-state index contributed by atoms with van der Waals surface area (Å²) in [6.07, 6.45) is 5.88. The second-order valence-electron chi connectivity index (χ2n) is 4.14. The number of rotatable bonds is 2. The summed E-state index contributed by atoms with van der Waals surface area (Å²) in [6.45, 7) is 1.69. The monoisotopic (exact) mass is 265 g/mol. The van der Waals surface area contributed by atoms with E-state index >= 15 is 0 Å². The van der Waals surface area contributed by atoms with Gasteiger partial charge in [-0.3, -0.25) is 14.4 Å². The minimum atomic E-state index is -0.0259. The predicted molar refractivity (Wildman–Crippen MR) is 66.4 cm³/mol. The molecule has 2 aromatic heterocycles. The van der Waals surface area contributed by atoms with Crippen LogP contribution in [0.3, 0.4) is 0 Å². The fraction of sp³-hybridized carbons (Fsp3) is 0.364. The Kier molecular flexibility index (Phi) is 2.79. The van der Waals surface area contributed by atoms with Gasteiger partial charge >= 0.3 is 0 Å². The van der Waals surface area contributed by atoms with Crippen molar-refractivity contribution >= 4 is 23.3 Å². The van der Waals surface area contributed by atoms with Crippen LogP contribution in [0.2, 0.25) is 5.02 Å². The van der Waals surface area contributed by atoms with E-state index in [0.29, 0.717) is 17.4 Å². The van der Waals surface area contributed by atoms with E-state index in [2.05, 4.69) is 10.2 Å². The van der Waals surface area contributed by atoms with E-state index in [0.717, 1.165) is 13.0 Å². The fourth-order valence-corrected chi connectivity index (χ4v) is 2.38. The first kappa shape index (κ1) is 11.3. The first-order valence-electron chi connectivity index (χ1n) is 5.75. The normalized spacial score (nSPS) is 14.6. The molecular weight excluding hydrogens is 254 g/mol. The molecule has 0 atom stereocenters. The van der Waals surface area contributed by atoms with Gasteiger partial charge in [0, 0.05) is 25.5 Å². The first-order valence-corrected chi connectivity index (χ1v) is 6.12. The summed E-state index contributed by atoms with van der Waals surface area (Å²) in [6, 6.07) is 1.79. The molecule has 3 heterocycles. The minimum absolute atomic E-state index is 0.0259. The zero-order valence-corrected chi connectivity index (χ0v) is 10.4. The Labute approximate surface area is 109 Å². The van der Waals surface area contributed by atoms with E-state index < -0.39 is 0 Å². The highest BCUT2D eigenvalue weighted by molar-refractivity contribution is 6.33. The smallest absolute Gasteiger partial charge is 0.249 e. The lowest BCUT2D eigenvalue weighted by Gasteiger charge is -2.28. The van der Waals surface area contributed by atoms with Gasteiger partial charge in [0.05, 0.1) is 6.20 Å². The van der Waals surface area contributed by atoms with Gasteiger partial charge in [0.15, 0.2) is 5.82 Å². The summed E-state index contributed by atoms with van der Waals surface area (Å²) in [7, 11) is 0. The third-order valence-electron chi connectivity index (χ3n) is 2.93. The summed E-state index contributed by atoms with van der Waals surface area (Å²) in [5.74, 6) is 0.669. The largest absolute Gasteiger partial charge is 0.294 e. The number of anilines is 1. The maximum Gasteiger partial charge on any atom is 0.249 e. The van der Waals surface area contributed by atoms with Crippen LogP contribution >= 0.6 is 11.6 Å². The predicted octanol–water partition coefficient (Wildman–Crippen LogP) is 1.17. The Morgan fingerprint density at radius 1 is 1.39 bits per heavy atom. The van der Waals surface area contributed by atoms with Gasteiger partial charge < -0.3 is 0 Å². The summed E-state index contributed by atoms with van der Waals surface area (Å²) in [5, 5.41) is 8.70. The second kappa shape index (κ2) is 4.45. The molecule has 0 fully saturated rings. The van der Waals surface area contributed by atoms with E-state index in [1.807, 2.05) is 0 Å². The van der Waals surface area contributed by atoms with E-state index in [9.17, 15) is 4.79 Å². The standard InChI is InChI=1S/C11H12ClN5O/c12-9-7-14-17-6-2-5-16(11(9)17)10(18)8-15-4-1-3-13-15/h1,3-4,7H,2,5-6,8H2. The van der Waals surface area contributed by atoms with Crippen molar-refractivity contribution in [3.8, 4) is 0 Å². The van der Waals surface area contributed by atoms with E-state index in [-0.39, 0.29) is 12.5 Å². The molecule has 0 N–H and O–H groups in total. The van der Waals surface area contributed by atoms with Crippen molar-refractivity contribution < 1.29 is 4.79 Å². The Hall–Kier alpha value is -1.82. The maximum absolute atomic E-state index is 12.2. The molecule has 0 saturated heterocycles. The van der Waals surface area contributed by atoms with Crippen molar-refractivity contribution in [2.75, 3.05) is 11.4 Å². The summed E-state index contributed by atoms with van der Waals surface area (Å²) >= 11 is 6.08. The number of amides is 1. The molecule has 0 radical (unpaired) electrons. The van der Waals surface area contributed by atoms with E-state index in [1.54, 1.807) is 38.9 Å². The van der Waals surface area contributed by atoms with Gasteiger partial charge in [0.2, 0.25) is 5.91 Å². The van der Waals surface area contributed by atoms with Gasteiger partial charge in [-0.15, -0.1) is 0 Å². The van der Waals surface area contributed by atoms with E-state index in [4.69, 9.17) is 11.6 Å². The van der Waals surface area contributed by atoms with Gasteiger partial charge in [-0.25, -0.2) is 4.68 Å². The zero-order valence-electron chi connectivity index (χ0n) is 9.66. The first-order chi connectivity index (χ1) is 8.75. The molecule has 1 amide bonds. The molecular formula is C11H12ClN5O. The highest BCUT2D eigenvalue weighted by Gasteiger charge is 2.26. The molecule has 1 aliphatic heterocycles. The van der Waals surface area contributed by atoms with Crippen molar-refractivity contribution in [3.05, 3.63) is 29.7 Å². The number of fused-ring (bicyclic) bond motifs is 1. The second-order valence-corrected chi connectivity index (χ2v) is 4.55. The molecule has 1 aliphatic rings. The van der Waals surface area contributed by atoms with Gasteiger partial charge in [-0.2, -0.15) is 10.2 Å².